The van der Waals surface area contributed by atoms with Crippen LogP contribution in [-0.2, 0) is 4.74 Å². The molecule has 1 unspecified atom stereocenters. The molecule has 92 valence electrons. The number of carboxylic acids is 1. The molecular weight excluding hydrogens is 222 g/mol. The van der Waals surface area contributed by atoms with Crippen molar-refractivity contribution in [3.63, 3.8) is 0 Å². The number of nitrogens with two attached hydrogens (primary N) is 1. The smallest absolute Gasteiger partial charge is 0.335 e. The fourth-order valence-corrected chi connectivity index (χ4v) is 1.71. The Kier molecular flexibility index (Phi) is 3.49. The quantitative estimate of drug-likeness (QED) is 0.773. The molecule has 0 bridgehead atoms. The lowest BCUT2D eigenvalue weighted by Crippen LogP contribution is -2.12. The van der Waals surface area contributed by atoms with E-state index < -0.39 is 5.97 Å². The third kappa shape index (κ3) is 2.88. The summed E-state index contributed by atoms with van der Waals surface area (Å²) >= 11 is 0. The molecule has 2 rings (SSSR count). The minimum Gasteiger partial charge on any atom is -0.491 e. The molecule has 0 saturated carbocycles. The average Bonchev–Trinajstić information content (AvgIpc) is 2.80. The molecule has 1 aromatic rings. The lowest BCUT2D eigenvalue weighted by Gasteiger charge is -2.12. The number of benzene rings is 1. The first-order valence-corrected chi connectivity index (χ1v) is 5.50. The number of aromatic carboxylic acids is 1. The van der Waals surface area contributed by atoms with Crippen LogP contribution in [0, 0.1) is 5.92 Å². The van der Waals surface area contributed by atoms with Gasteiger partial charge < -0.3 is 20.3 Å². The highest BCUT2D eigenvalue weighted by Gasteiger charge is 2.17. The van der Waals surface area contributed by atoms with Crippen LogP contribution in [0.15, 0.2) is 18.2 Å². The number of rotatable bonds is 4. The van der Waals surface area contributed by atoms with E-state index in [0.717, 1.165) is 13.0 Å². The summed E-state index contributed by atoms with van der Waals surface area (Å²) in [4.78, 5) is 10.8. The van der Waals surface area contributed by atoms with Gasteiger partial charge in [-0.1, -0.05) is 0 Å². The summed E-state index contributed by atoms with van der Waals surface area (Å²) < 4.78 is 10.8. The zero-order valence-corrected chi connectivity index (χ0v) is 9.39. The molecule has 1 aromatic carbocycles. The predicted molar refractivity (Wildman–Crippen MR) is 62.2 cm³/mol. The molecule has 5 heteroatoms. The molecular formula is C12H15NO4. The van der Waals surface area contributed by atoms with Gasteiger partial charge in [0.2, 0.25) is 0 Å². The Labute approximate surface area is 99.1 Å². The first-order chi connectivity index (χ1) is 8.16. The van der Waals surface area contributed by atoms with E-state index in [9.17, 15) is 4.79 Å². The number of nitrogen functional groups attached to an aromatic ring is 1. The predicted octanol–water partition coefficient (Wildman–Crippen LogP) is 1.38. The molecule has 1 aliphatic heterocycles. The molecule has 17 heavy (non-hydrogen) atoms. The van der Waals surface area contributed by atoms with Crippen LogP contribution in [0.5, 0.6) is 5.75 Å². The minimum atomic E-state index is -0.987. The normalized spacial score (nSPS) is 19.2. The zero-order chi connectivity index (χ0) is 12.3. The van der Waals surface area contributed by atoms with E-state index in [-0.39, 0.29) is 5.56 Å². The summed E-state index contributed by atoms with van der Waals surface area (Å²) in [6.07, 6.45) is 0.971. The third-order valence-electron chi connectivity index (χ3n) is 2.76. The van der Waals surface area contributed by atoms with Crippen molar-refractivity contribution in [3.05, 3.63) is 23.8 Å². The first kappa shape index (κ1) is 11.7. The number of carbonyl (C=O) groups is 1. The highest BCUT2D eigenvalue weighted by molar-refractivity contribution is 5.89. The van der Waals surface area contributed by atoms with Crippen molar-refractivity contribution in [2.75, 3.05) is 25.6 Å². The van der Waals surface area contributed by atoms with Gasteiger partial charge in [-0.3, -0.25) is 0 Å². The van der Waals surface area contributed by atoms with Gasteiger partial charge in [0.25, 0.3) is 0 Å². The topological polar surface area (TPSA) is 81.8 Å². The van der Waals surface area contributed by atoms with Crippen LogP contribution in [-0.4, -0.2) is 30.9 Å². The van der Waals surface area contributed by atoms with Crippen LogP contribution in [0.2, 0.25) is 0 Å². The van der Waals surface area contributed by atoms with Crippen molar-refractivity contribution in [3.8, 4) is 5.75 Å². The highest BCUT2D eigenvalue weighted by Crippen LogP contribution is 2.24. The van der Waals surface area contributed by atoms with Crippen molar-refractivity contribution >= 4 is 11.7 Å². The van der Waals surface area contributed by atoms with E-state index in [2.05, 4.69) is 0 Å². The maximum absolute atomic E-state index is 10.8. The molecule has 0 spiro atoms. The largest absolute Gasteiger partial charge is 0.491 e. The molecule has 0 amide bonds. The number of hydrogen-bond donors (Lipinski definition) is 2. The summed E-state index contributed by atoms with van der Waals surface area (Å²) in [7, 11) is 0. The second kappa shape index (κ2) is 5.05. The fraction of sp³-hybridized carbons (Fsp3) is 0.417. The molecule has 1 heterocycles. The maximum Gasteiger partial charge on any atom is 0.335 e. The van der Waals surface area contributed by atoms with E-state index in [0.29, 0.717) is 30.6 Å². The van der Waals surface area contributed by atoms with E-state index in [4.69, 9.17) is 20.3 Å². The van der Waals surface area contributed by atoms with Crippen molar-refractivity contribution < 1.29 is 19.4 Å². The minimum absolute atomic E-state index is 0.178. The second-order valence-electron chi connectivity index (χ2n) is 4.10. The average molecular weight is 237 g/mol. The Morgan fingerprint density at radius 3 is 3.06 bits per heavy atom. The second-order valence-corrected chi connectivity index (χ2v) is 4.10. The van der Waals surface area contributed by atoms with Gasteiger partial charge in [-0.05, 0) is 24.6 Å². The van der Waals surface area contributed by atoms with Crippen LogP contribution in [0.1, 0.15) is 16.8 Å². The standard InChI is InChI=1S/C12H15NO4/c13-10-2-1-9(12(14)15)5-11(10)17-7-8-3-4-16-6-8/h1-2,5,8H,3-4,6-7,13H2,(H,14,15). The molecule has 1 saturated heterocycles. The lowest BCUT2D eigenvalue weighted by atomic mass is 10.1. The van der Waals surface area contributed by atoms with Crippen molar-refractivity contribution in [2.45, 2.75) is 6.42 Å². The zero-order valence-electron chi connectivity index (χ0n) is 9.39. The van der Waals surface area contributed by atoms with Crippen molar-refractivity contribution in [1.29, 1.82) is 0 Å². The van der Waals surface area contributed by atoms with Gasteiger partial charge in [0.1, 0.15) is 5.75 Å². The summed E-state index contributed by atoms with van der Waals surface area (Å²) in [5, 5.41) is 8.86. The monoisotopic (exact) mass is 237 g/mol. The van der Waals surface area contributed by atoms with E-state index >= 15 is 0 Å². The SMILES string of the molecule is Nc1ccc(C(=O)O)cc1OCC1CCOC1. The first-order valence-electron chi connectivity index (χ1n) is 5.50. The van der Waals surface area contributed by atoms with E-state index in [1.165, 1.54) is 12.1 Å². The van der Waals surface area contributed by atoms with Gasteiger partial charge in [-0.25, -0.2) is 4.79 Å². The molecule has 0 radical (unpaired) electrons. The molecule has 5 nitrogen and oxygen atoms in total. The van der Waals surface area contributed by atoms with Gasteiger partial charge in [-0.15, -0.1) is 0 Å². The van der Waals surface area contributed by atoms with Crippen LogP contribution in [0.4, 0.5) is 5.69 Å². The van der Waals surface area contributed by atoms with Crippen LogP contribution in [0.25, 0.3) is 0 Å². The van der Waals surface area contributed by atoms with Crippen LogP contribution in [0.3, 0.4) is 0 Å². The summed E-state index contributed by atoms with van der Waals surface area (Å²) in [6, 6.07) is 4.46. The lowest BCUT2D eigenvalue weighted by molar-refractivity contribution is 0.0696. The molecule has 0 aliphatic carbocycles. The van der Waals surface area contributed by atoms with E-state index in [1.807, 2.05) is 0 Å². The number of carboxylic acid groups (broad SMARTS) is 1. The fourth-order valence-electron chi connectivity index (χ4n) is 1.71. The van der Waals surface area contributed by atoms with Gasteiger partial charge in [0, 0.05) is 12.5 Å². The van der Waals surface area contributed by atoms with Gasteiger partial charge in [-0.2, -0.15) is 0 Å². The number of hydrogen-bond acceptors (Lipinski definition) is 4. The van der Waals surface area contributed by atoms with Crippen molar-refractivity contribution in [1.82, 2.24) is 0 Å². The van der Waals surface area contributed by atoms with E-state index in [1.54, 1.807) is 6.07 Å². The highest BCUT2D eigenvalue weighted by atomic mass is 16.5. The van der Waals surface area contributed by atoms with Gasteiger partial charge in [0.05, 0.1) is 24.5 Å². The Hall–Kier alpha value is -1.75. The Morgan fingerprint density at radius 1 is 1.59 bits per heavy atom. The Morgan fingerprint density at radius 2 is 2.41 bits per heavy atom. The Bertz CT molecular complexity index is 413. The van der Waals surface area contributed by atoms with Gasteiger partial charge >= 0.3 is 5.97 Å². The van der Waals surface area contributed by atoms with Crippen LogP contribution < -0.4 is 10.5 Å². The summed E-state index contributed by atoms with van der Waals surface area (Å²) in [5.74, 6) is -0.196. The maximum atomic E-state index is 10.8. The van der Waals surface area contributed by atoms with Gasteiger partial charge in [0.15, 0.2) is 0 Å². The molecule has 0 aromatic heterocycles. The number of anilines is 1. The molecule has 3 N–H and O–H groups in total. The molecule has 1 fully saturated rings. The molecule has 1 aliphatic rings. The third-order valence-corrected chi connectivity index (χ3v) is 2.76. The van der Waals surface area contributed by atoms with Crippen molar-refractivity contribution in [2.24, 2.45) is 5.92 Å². The van der Waals surface area contributed by atoms with Crippen LogP contribution >= 0.6 is 0 Å². The Balaban J connectivity index is 2.03. The number of ether oxygens (including phenoxy) is 2. The summed E-state index contributed by atoms with van der Waals surface area (Å²) in [6.45, 7) is 1.96. The summed E-state index contributed by atoms with van der Waals surface area (Å²) in [5.41, 5.74) is 6.36. The molecule has 1 atom stereocenters.